The van der Waals surface area contributed by atoms with Gasteiger partial charge in [-0.2, -0.15) is 0 Å². The summed E-state index contributed by atoms with van der Waals surface area (Å²) in [6.07, 6.45) is 1.16. The first kappa shape index (κ1) is 12.0. The topological polar surface area (TPSA) is 29.3 Å². The van der Waals surface area contributed by atoms with E-state index in [4.69, 9.17) is 18.0 Å². The number of hydrogen-bond donors (Lipinski definition) is 1. The van der Waals surface area contributed by atoms with Gasteiger partial charge in [-0.15, -0.1) is 0 Å². The molecule has 0 aliphatic rings. The summed E-state index contributed by atoms with van der Waals surface area (Å²) >= 11 is 4.91. The molecule has 0 heterocycles. The number of hydrogen-bond acceptors (Lipinski definition) is 2. The third kappa shape index (κ3) is 3.20. The Morgan fingerprint density at radius 2 is 1.87 bits per heavy atom. The van der Waals surface area contributed by atoms with Crippen molar-refractivity contribution in [2.24, 2.45) is 5.73 Å². The van der Waals surface area contributed by atoms with E-state index in [2.05, 4.69) is 30.9 Å². The maximum absolute atomic E-state index is 5.55. The van der Waals surface area contributed by atoms with Crippen LogP contribution in [0.1, 0.15) is 25.8 Å². The molecule has 82 valence electrons. The second kappa shape index (κ2) is 5.71. The maximum atomic E-state index is 5.55. The lowest BCUT2D eigenvalue weighted by Gasteiger charge is -2.22. The van der Waals surface area contributed by atoms with Gasteiger partial charge in [0.15, 0.2) is 0 Å². The van der Waals surface area contributed by atoms with Gasteiger partial charge in [0.1, 0.15) is 4.99 Å². The van der Waals surface area contributed by atoms with Crippen molar-refractivity contribution in [1.29, 1.82) is 0 Å². The zero-order valence-electron chi connectivity index (χ0n) is 9.36. The Kier molecular flexibility index (Phi) is 4.56. The van der Waals surface area contributed by atoms with Crippen molar-refractivity contribution in [1.82, 2.24) is 0 Å². The Bertz CT molecular complexity index is 319. The molecule has 0 bridgehead atoms. The van der Waals surface area contributed by atoms with Gasteiger partial charge < -0.3 is 10.6 Å². The molecule has 0 radical (unpaired) electrons. The standard InChI is InChI=1S/C12H18N2S/c1-3-9-14(4-2)11-7-5-10(6-8-11)12(13)15/h5-8H,3-4,9H2,1-2H3,(H2,13,15). The van der Waals surface area contributed by atoms with Crippen molar-refractivity contribution in [3.8, 4) is 0 Å². The fourth-order valence-electron chi connectivity index (χ4n) is 1.58. The average molecular weight is 222 g/mol. The van der Waals surface area contributed by atoms with E-state index in [9.17, 15) is 0 Å². The Morgan fingerprint density at radius 1 is 1.27 bits per heavy atom. The molecule has 2 N–H and O–H groups in total. The van der Waals surface area contributed by atoms with Crippen LogP contribution < -0.4 is 10.6 Å². The quantitative estimate of drug-likeness (QED) is 0.776. The molecular formula is C12H18N2S. The van der Waals surface area contributed by atoms with Crippen molar-refractivity contribution in [2.45, 2.75) is 20.3 Å². The fraction of sp³-hybridized carbons (Fsp3) is 0.417. The normalized spacial score (nSPS) is 10.0. The van der Waals surface area contributed by atoms with Gasteiger partial charge in [0.25, 0.3) is 0 Å². The summed E-state index contributed by atoms with van der Waals surface area (Å²) in [6.45, 7) is 6.46. The van der Waals surface area contributed by atoms with E-state index in [0.717, 1.165) is 25.1 Å². The minimum absolute atomic E-state index is 0.458. The van der Waals surface area contributed by atoms with Crippen LogP contribution in [0.15, 0.2) is 24.3 Å². The molecule has 0 saturated heterocycles. The summed E-state index contributed by atoms with van der Waals surface area (Å²) in [6, 6.07) is 8.12. The van der Waals surface area contributed by atoms with Gasteiger partial charge in [-0.05, 0) is 37.6 Å². The molecule has 15 heavy (non-hydrogen) atoms. The van der Waals surface area contributed by atoms with Crippen LogP contribution in [0, 0.1) is 0 Å². The monoisotopic (exact) mass is 222 g/mol. The third-order valence-electron chi connectivity index (χ3n) is 2.39. The van der Waals surface area contributed by atoms with Crippen LogP contribution >= 0.6 is 12.2 Å². The van der Waals surface area contributed by atoms with Crippen LogP contribution in [0.2, 0.25) is 0 Å². The lowest BCUT2D eigenvalue weighted by Crippen LogP contribution is -2.23. The summed E-state index contributed by atoms with van der Waals surface area (Å²) in [5.41, 5.74) is 7.72. The molecule has 1 aromatic carbocycles. The van der Waals surface area contributed by atoms with Gasteiger partial charge >= 0.3 is 0 Å². The summed E-state index contributed by atoms with van der Waals surface area (Å²) < 4.78 is 0. The molecule has 0 aromatic heterocycles. The fourth-order valence-corrected chi connectivity index (χ4v) is 1.71. The molecule has 1 aromatic rings. The number of thiocarbonyl (C=S) groups is 1. The Labute approximate surface area is 97.1 Å². The van der Waals surface area contributed by atoms with Gasteiger partial charge in [0.2, 0.25) is 0 Å². The number of nitrogens with two attached hydrogens (primary N) is 1. The van der Waals surface area contributed by atoms with E-state index < -0.39 is 0 Å². The minimum atomic E-state index is 0.458. The highest BCUT2D eigenvalue weighted by Crippen LogP contribution is 2.15. The zero-order chi connectivity index (χ0) is 11.3. The van der Waals surface area contributed by atoms with Crippen LogP contribution in [0.3, 0.4) is 0 Å². The largest absolute Gasteiger partial charge is 0.389 e. The molecule has 0 aliphatic heterocycles. The molecule has 0 unspecified atom stereocenters. The van der Waals surface area contributed by atoms with Crippen molar-refractivity contribution in [2.75, 3.05) is 18.0 Å². The first-order chi connectivity index (χ1) is 7.19. The van der Waals surface area contributed by atoms with E-state index in [1.165, 1.54) is 5.69 Å². The predicted octanol–water partition coefficient (Wildman–Crippen LogP) is 2.56. The van der Waals surface area contributed by atoms with Crippen LogP contribution in [-0.2, 0) is 0 Å². The van der Waals surface area contributed by atoms with Crippen LogP contribution in [-0.4, -0.2) is 18.1 Å². The number of anilines is 1. The van der Waals surface area contributed by atoms with Gasteiger partial charge in [0, 0.05) is 24.3 Å². The molecule has 0 spiro atoms. The second-order valence-corrected chi connectivity index (χ2v) is 3.93. The lowest BCUT2D eigenvalue weighted by atomic mass is 10.2. The van der Waals surface area contributed by atoms with Gasteiger partial charge in [0.05, 0.1) is 0 Å². The smallest absolute Gasteiger partial charge is 0.103 e. The molecular weight excluding hydrogens is 204 g/mol. The van der Waals surface area contributed by atoms with Crippen molar-refractivity contribution in [3.05, 3.63) is 29.8 Å². The molecule has 0 atom stereocenters. The van der Waals surface area contributed by atoms with Crippen molar-refractivity contribution in [3.63, 3.8) is 0 Å². The van der Waals surface area contributed by atoms with Crippen LogP contribution in [0.25, 0.3) is 0 Å². The Hall–Kier alpha value is -1.09. The molecule has 0 fully saturated rings. The Balaban J connectivity index is 2.81. The lowest BCUT2D eigenvalue weighted by molar-refractivity contribution is 0.792. The summed E-state index contributed by atoms with van der Waals surface area (Å²) in [5.74, 6) is 0. The van der Waals surface area contributed by atoms with E-state index in [0.29, 0.717) is 4.99 Å². The summed E-state index contributed by atoms with van der Waals surface area (Å²) in [4.78, 5) is 2.80. The number of nitrogens with zero attached hydrogens (tertiary/aromatic N) is 1. The maximum Gasteiger partial charge on any atom is 0.103 e. The first-order valence-electron chi connectivity index (χ1n) is 5.33. The van der Waals surface area contributed by atoms with E-state index in [-0.39, 0.29) is 0 Å². The highest BCUT2D eigenvalue weighted by Gasteiger charge is 2.03. The molecule has 2 nitrogen and oxygen atoms in total. The number of benzene rings is 1. The van der Waals surface area contributed by atoms with Crippen LogP contribution in [0.4, 0.5) is 5.69 Å². The molecule has 0 aliphatic carbocycles. The SMILES string of the molecule is CCCN(CC)c1ccc(C(N)=S)cc1. The molecule has 1 rings (SSSR count). The molecule has 0 amide bonds. The summed E-state index contributed by atoms with van der Waals surface area (Å²) in [5, 5.41) is 0. The molecule has 3 heteroatoms. The van der Waals surface area contributed by atoms with Gasteiger partial charge in [-0.3, -0.25) is 0 Å². The van der Waals surface area contributed by atoms with Crippen molar-refractivity contribution < 1.29 is 0 Å². The van der Waals surface area contributed by atoms with Crippen molar-refractivity contribution >= 4 is 22.9 Å². The zero-order valence-corrected chi connectivity index (χ0v) is 10.2. The highest BCUT2D eigenvalue weighted by molar-refractivity contribution is 7.80. The van der Waals surface area contributed by atoms with Crippen LogP contribution in [0.5, 0.6) is 0 Å². The highest BCUT2D eigenvalue weighted by atomic mass is 32.1. The second-order valence-electron chi connectivity index (χ2n) is 3.49. The van der Waals surface area contributed by atoms with E-state index >= 15 is 0 Å². The van der Waals surface area contributed by atoms with Gasteiger partial charge in [-0.1, -0.05) is 19.1 Å². The van der Waals surface area contributed by atoms with E-state index in [1.54, 1.807) is 0 Å². The average Bonchev–Trinajstić information content (AvgIpc) is 2.26. The van der Waals surface area contributed by atoms with Gasteiger partial charge in [-0.25, -0.2) is 0 Å². The number of rotatable bonds is 5. The van der Waals surface area contributed by atoms with E-state index in [1.807, 2.05) is 12.1 Å². The minimum Gasteiger partial charge on any atom is -0.389 e. The first-order valence-corrected chi connectivity index (χ1v) is 5.74. The third-order valence-corrected chi connectivity index (χ3v) is 2.63. The predicted molar refractivity (Wildman–Crippen MR) is 70.5 cm³/mol. The Morgan fingerprint density at radius 3 is 2.27 bits per heavy atom. The molecule has 0 saturated carbocycles. The summed E-state index contributed by atoms with van der Waals surface area (Å²) in [7, 11) is 0.